The molecule has 2 rings (SSSR count). The third-order valence-corrected chi connectivity index (χ3v) is 3.84. The summed E-state index contributed by atoms with van der Waals surface area (Å²) in [6, 6.07) is 8.16. The van der Waals surface area contributed by atoms with E-state index in [0.717, 1.165) is 11.1 Å². The van der Waals surface area contributed by atoms with E-state index in [1.165, 1.54) is 6.07 Å². The van der Waals surface area contributed by atoms with Gasteiger partial charge in [0.15, 0.2) is 0 Å². The quantitative estimate of drug-likeness (QED) is 0.545. The minimum Gasteiger partial charge on any atom is -0.450 e. The molecule has 0 aliphatic rings. The molecule has 0 radical (unpaired) electrons. The first kappa shape index (κ1) is 14.8. The Labute approximate surface area is 129 Å². The van der Waals surface area contributed by atoms with Gasteiger partial charge in [0.2, 0.25) is 5.75 Å². The molecule has 6 heteroatoms. The van der Waals surface area contributed by atoms with Crippen LogP contribution in [0.25, 0.3) is 0 Å². The van der Waals surface area contributed by atoms with Crippen molar-refractivity contribution in [3.63, 3.8) is 0 Å². The molecule has 0 heterocycles. The summed E-state index contributed by atoms with van der Waals surface area (Å²) in [5.41, 5.74) is 1.63. The first-order valence-corrected chi connectivity index (χ1v) is 6.94. The van der Waals surface area contributed by atoms with Crippen LogP contribution in [0.1, 0.15) is 11.1 Å². The smallest absolute Gasteiger partial charge is 0.312 e. The van der Waals surface area contributed by atoms with Gasteiger partial charge in [0.1, 0.15) is 5.75 Å². The maximum absolute atomic E-state index is 11.0. The largest absolute Gasteiger partial charge is 0.450 e. The number of nitro benzene ring substituents is 1. The van der Waals surface area contributed by atoms with Crippen molar-refractivity contribution in [2.24, 2.45) is 0 Å². The standard InChI is InChI=1S/C14H11BrClNO3/c1-8-5-11(6-9(2)14(8)16)20-13-4-3-10(15)7-12(13)17(18)19/h3-7H,1-2H3. The summed E-state index contributed by atoms with van der Waals surface area (Å²) < 4.78 is 6.25. The normalized spacial score (nSPS) is 10.4. The molecule has 0 aromatic heterocycles. The van der Waals surface area contributed by atoms with Gasteiger partial charge >= 0.3 is 5.69 Å². The molecule has 4 nitrogen and oxygen atoms in total. The summed E-state index contributed by atoms with van der Waals surface area (Å²) in [7, 11) is 0. The van der Waals surface area contributed by atoms with E-state index >= 15 is 0 Å². The van der Waals surface area contributed by atoms with Crippen LogP contribution in [0.5, 0.6) is 11.5 Å². The number of aryl methyl sites for hydroxylation is 2. The highest BCUT2D eigenvalue weighted by molar-refractivity contribution is 9.10. The zero-order valence-electron chi connectivity index (χ0n) is 10.8. The maximum Gasteiger partial charge on any atom is 0.312 e. The first-order valence-electron chi connectivity index (χ1n) is 5.77. The molecule has 104 valence electrons. The third kappa shape index (κ3) is 3.11. The van der Waals surface area contributed by atoms with Crippen molar-refractivity contribution in [1.82, 2.24) is 0 Å². The molecular formula is C14H11BrClNO3. The SMILES string of the molecule is Cc1cc(Oc2ccc(Br)cc2[N+](=O)[O-])cc(C)c1Cl. The second kappa shape index (κ2) is 5.81. The van der Waals surface area contributed by atoms with E-state index in [1.807, 2.05) is 13.8 Å². The van der Waals surface area contributed by atoms with Crippen LogP contribution in [0.2, 0.25) is 5.02 Å². The minimum atomic E-state index is -0.476. The number of ether oxygens (including phenoxy) is 1. The van der Waals surface area contributed by atoms with Crippen LogP contribution in [0.15, 0.2) is 34.8 Å². The number of hydrogen-bond donors (Lipinski definition) is 0. The fourth-order valence-electron chi connectivity index (χ4n) is 1.81. The van der Waals surface area contributed by atoms with Gasteiger partial charge < -0.3 is 4.74 Å². The molecule has 0 fully saturated rings. The van der Waals surface area contributed by atoms with Crippen molar-refractivity contribution in [1.29, 1.82) is 0 Å². The number of halogens is 2. The van der Waals surface area contributed by atoms with E-state index in [9.17, 15) is 10.1 Å². The van der Waals surface area contributed by atoms with Gasteiger partial charge in [0, 0.05) is 15.6 Å². The van der Waals surface area contributed by atoms with Crippen molar-refractivity contribution in [3.8, 4) is 11.5 Å². The number of nitrogens with zero attached hydrogens (tertiary/aromatic N) is 1. The predicted octanol–water partition coefficient (Wildman–Crippen LogP) is 5.42. The molecule has 2 aromatic rings. The summed E-state index contributed by atoms with van der Waals surface area (Å²) in [5, 5.41) is 11.7. The Kier molecular flexibility index (Phi) is 4.30. The molecule has 0 saturated carbocycles. The minimum absolute atomic E-state index is 0.0929. The second-order valence-electron chi connectivity index (χ2n) is 4.34. The van der Waals surface area contributed by atoms with Gasteiger partial charge in [-0.2, -0.15) is 0 Å². The number of nitro groups is 1. The zero-order valence-corrected chi connectivity index (χ0v) is 13.2. The second-order valence-corrected chi connectivity index (χ2v) is 5.64. The molecule has 20 heavy (non-hydrogen) atoms. The van der Waals surface area contributed by atoms with Crippen LogP contribution >= 0.6 is 27.5 Å². The van der Waals surface area contributed by atoms with Crippen LogP contribution in [-0.4, -0.2) is 4.92 Å². The maximum atomic E-state index is 11.0. The molecule has 0 atom stereocenters. The summed E-state index contributed by atoms with van der Waals surface area (Å²) in [6.45, 7) is 3.72. The Morgan fingerprint density at radius 2 is 1.80 bits per heavy atom. The zero-order chi connectivity index (χ0) is 14.9. The Morgan fingerprint density at radius 3 is 2.35 bits per heavy atom. The highest BCUT2D eigenvalue weighted by atomic mass is 79.9. The average Bonchev–Trinajstić information content (AvgIpc) is 2.37. The summed E-state index contributed by atoms with van der Waals surface area (Å²) >= 11 is 9.29. The molecule has 0 spiro atoms. The van der Waals surface area contributed by atoms with E-state index in [0.29, 0.717) is 15.2 Å². The van der Waals surface area contributed by atoms with Gasteiger partial charge in [-0.1, -0.05) is 27.5 Å². The average molecular weight is 357 g/mol. The summed E-state index contributed by atoms with van der Waals surface area (Å²) in [4.78, 5) is 10.6. The fraction of sp³-hybridized carbons (Fsp3) is 0.143. The number of benzene rings is 2. The number of hydrogen-bond acceptors (Lipinski definition) is 3. The molecule has 0 bridgehead atoms. The van der Waals surface area contributed by atoms with Gasteiger partial charge in [0.25, 0.3) is 0 Å². The Morgan fingerprint density at radius 1 is 1.20 bits per heavy atom. The molecule has 2 aromatic carbocycles. The molecule has 0 N–H and O–H groups in total. The van der Waals surface area contributed by atoms with Crippen LogP contribution in [0, 0.1) is 24.0 Å². The van der Waals surface area contributed by atoms with E-state index in [2.05, 4.69) is 15.9 Å². The van der Waals surface area contributed by atoms with Crippen molar-refractivity contribution in [2.75, 3.05) is 0 Å². The monoisotopic (exact) mass is 355 g/mol. The van der Waals surface area contributed by atoms with Gasteiger partial charge in [-0.3, -0.25) is 10.1 Å². The number of rotatable bonds is 3. The molecule has 0 unspecified atom stereocenters. The van der Waals surface area contributed by atoms with Crippen molar-refractivity contribution < 1.29 is 9.66 Å². The Balaban J connectivity index is 2.42. The highest BCUT2D eigenvalue weighted by Gasteiger charge is 2.16. The van der Waals surface area contributed by atoms with Gasteiger partial charge in [-0.15, -0.1) is 0 Å². The molecular weight excluding hydrogens is 346 g/mol. The van der Waals surface area contributed by atoms with E-state index in [-0.39, 0.29) is 11.4 Å². The first-order chi connectivity index (χ1) is 9.38. The van der Waals surface area contributed by atoms with Crippen LogP contribution in [0.3, 0.4) is 0 Å². The van der Waals surface area contributed by atoms with Crippen molar-refractivity contribution in [3.05, 3.63) is 61.1 Å². The van der Waals surface area contributed by atoms with Crippen molar-refractivity contribution in [2.45, 2.75) is 13.8 Å². The third-order valence-electron chi connectivity index (χ3n) is 2.76. The lowest BCUT2D eigenvalue weighted by Gasteiger charge is -2.10. The van der Waals surface area contributed by atoms with Crippen molar-refractivity contribution >= 4 is 33.2 Å². The molecule has 0 aliphatic carbocycles. The summed E-state index contributed by atoms with van der Waals surface area (Å²) in [5.74, 6) is 0.717. The van der Waals surface area contributed by atoms with E-state index < -0.39 is 4.92 Å². The van der Waals surface area contributed by atoms with E-state index in [4.69, 9.17) is 16.3 Å². The molecule has 0 amide bonds. The lowest BCUT2D eigenvalue weighted by molar-refractivity contribution is -0.385. The Bertz CT molecular complexity index is 665. The summed E-state index contributed by atoms with van der Waals surface area (Å²) in [6.07, 6.45) is 0. The van der Waals surface area contributed by atoms with E-state index in [1.54, 1.807) is 24.3 Å². The predicted molar refractivity (Wildman–Crippen MR) is 81.8 cm³/mol. The fourth-order valence-corrected chi connectivity index (χ4v) is 2.27. The van der Waals surface area contributed by atoms with Crippen LogP contribution < -0.4 is 4.74 Å². The highest BCUT2D eigenvalue weighted by Crippen LogP contribution is 2.35. The lowest BCUT2D eigenvalue weighted by atomic mass is 10.1. The molecule has 0 aliphatic heterocycles. The lowest BCUT2D eigenvalue weighted by Crippen LogP contribution is -1.94. The topological polar surface area (TPSA) is 52.4 Å². The van der Waals surface area contributed by atoms with Gasteiger partial charge in [-0.25, -0.2) is 0 Å². The Hall–Kier alpha value is -1.59. The van der Waals surface area contributed by atoms with Crippen LogP contribution in [0.4, 0.5) is 5.69 Å². The van der Waals surface area contributed by atoms with Gasteiger partial charge in [-0.05, 0) is 49.2 Å². The van der Waals surface area contributed by atoms with Crippen LogP contribution in [-0.2, 0) is 0 Å². The van der Waals surface area contributed by atoms with Gasteiger partial charge in [0.05, 0.1) is 4.92 Å². The molecule has 0 saturated heterocycles.